The smallest absolute Gasteiger partial charge is 0.438 e. The minimum atomic E-state index is -5.04. The van der Waals surface area contributed by atoms with Crippen LogP contribution in [0.4, 0.5) is 13.2 Å². The molecule has 0 fully saturated rings. The Morgan fingerprint density at radius 3 is 2.29 bits per heavy atom. The average molecular weight is 389 g/mol. The third-order valence-corrected chi connectivity index (χ3v) is 4.18. The Kier molecular flexibility index (Phi) is 5.07. The highest BCUT2D eigenvalue weighted by atomic mass is 19.4. The van der Waals surface area contributed by atoms with Crippen LogP contribution in [0, 0.1) is 11.3 Å². The first-order valence-corrected chi connectivity index (χ1v) is 8.12. The first-order chi connectivity index (χ1) is 13.2. The van der Waals surface area contributed by atoms with Gasteiger partial charge in [-0.05, 0) is 35.4 Å². The van der Waals surface area contributed by atoms with E-state index in [1.54, 1.807) is 48.5 Å². The van der Waals surface area contributed by atoms with E-state index in [-0.39, 0.29) is 10.8 Å². The molecular weight excluding hydrogens is 375 g/mol. The number of rotatable bonds is 4. The Morgan fingerprint density at radius 1 is 1.18 bits per heavy atom. The number of nitriles is 1. The van der Waals surface area contributed by atoms with Crippen LogP contribution in [-0.2, 0) is 4.79 Å². The SMILES string of the molecule is N#Cc1ccc(-c2ccc(OCC(=O)N3N=CCC3(O)C(F)(F)F)cc2)cc1. The van der Waals surface area contributed by atoms with Crippen molar-refractivity contribution in [2.45, 2.75) is 18.3 Å². The average Bonchev–Trinajstić information content (AvgIpc) is 3.10. The lowest BCUT2D eigenvalue weighted by molar-refractivity contribution is -0.302. The van der Waals surface area contributed by atoms with E-state index in [0.717, 1.165) is 17.3 Å². The standard InChI is InChI=1S/C19H14F3N3O3/c20-19(21,22)18(27)9-10-24-25(18)17(26)12-28-16-7-5-15(6-8-16)14-3-1-13(11-23)2-4-14/h1-8,10,27H,9,12H2. The second kappa shape index (κ2) is 7.32. The number of ether oxygens (including phenoxy) is 1. The van der Waals surface area contributed by atoms with Crippen molar-refractivity contribution in [3.63, 3.8) is 0 Å². The van der Waals surface area contributed by atoms with Gasteiger partial charge in [0.05, 0.1) is 11.6 Å². The fraction of sp³-hybridized carbons (Fsp3) is 0.211. The molecule has 3 rings (SSSR count). The summed E-state index contributed by atoms with van der Waals surface area (Å²) in [6.07, 6.45) is -5.04. The summed E-state index contributed by atoms with van der Waals surface area (Å²) in [5.74, 6) is -0.853. The largest absolute Gasteiger partial charge is 0.484 e. The molecule has 1 atom stereocenters. The van der Waals surface area contributed by atoms with Gasteiger partial charge in [-0.3, -0.25) is 4.79 Å². The molecule has 0 radical (unpaired) electrons. The van der Waals surface area contributed by atoms with Crippen molar-refractivity contribution in [3.05, 3.63) is 54.1 Å². The topological polar surface area (TPSA) is 85.9 Å². The number of aliphatic hydroxyl groups is 1. The van der Waals surface area contributed by atoms with E-state index in [2.05, 4.69) is 5.10 Å². The van der Waals surface area contributed by atoms with Gasteiger partial charge < -0.3 is 9.84 Å². The molecule has 0 saturated heterocycles. The van der Waals surface area contributed by atoms with E-state index < -0.39 is 30.8 Å². The number of carbonyl (C=O) groups excluding carboxylic acids is 1. The Balaban J connectivity index is 1.64. The Hall–Kier alpha value is -3.38. The van der Waals surface area contributed by atoms with Crippen LogP contribution in [0.1, 0.15) is 12.0 Å². The van der Waals surface area contributed by atoms with Gasteiger partial charge in [0.25, 0.3) is 11.6 Å². The Morgan fingerprint density at radius 2 is 1.75 bits per heavy atom. The van der Waals surface area contributed by atoms with E-state index >= 15 is 0 Å². The number of carbonyl (C=O) groups is 1. The minimum Gasteiger partial charge on any atom is -0.484 e. The van der Waals surface area contributed by atoms with Crippen LogP contribution in [0.2, 0.25) is 0 Å². The van der Waals surface area contributed by atoms with Crippen LogP contribution in [0.25, 0.3) is 11.1 Å². The van der Waals surface area contributed by atoms with Gasteiger partial charge in [0.2, 0.25) is 0 Å². The fourth-order valence-electron chi connectivity index (χ4n) is 2.63. The normalized spacial score (nSPS) is 18.8. The number of hydrogen-bond acceptors (Lipinski definition) is 5. The van der Waals surface area contributed by atoms with E-state index in [1.165, 1.54) is 0 Å². The van der Waals surface area contributed by atoms with Gasteiger partial charge in [0.1, 0.15) is 5.75 Å². The lowest BCUT2D eigenvalue weighted by Crippen LogP contribution is -2.57. The number of hydrogen-bond donors (Lipinski definition) is 1. The van der Waals surface area contributed by atoms with E-state index in [1.807, 2.05) is 6.07 Å². The third-order valence-electron chi connectivity index (χ3n) is 4.18. The third kappa shape index (κ3) is 3.68. The van der Waals surface area contributed by atoms with Crippen molar-refractivity contribution >= 4 is 12.1 Å². The van der Waals surface area contributed by atoms with Gasteiger partial charge in [-0.15, -0.1) is 0 Å². The maximum atomic E-state index is 13.0. The quantitative estimate of drug-likeness (QED) is 0.871. The number of benzene rings is 2. The molecule has 6 nitrogen and oxygen atoms in total. The van der Waals surface area contributed by atoms with Crippen molar-refractivity contribution in [3.8, 4) is 22.9 Å². The van der Waals surface area contributed by atoms with E-state index in [0.29, 0.717) is 5.56 Å². The molecule has 1 heterocycles. The van der Waals surface area contributed by atoms with Crippen molar-refractivity contribution in [2.75, 3.05) is 6.61 Å². The number of hydrazone groups is 1. The molecule has 0 bridgehead atoms. The summed E-state index contributed by atoms with van der Waals surface area (Å²) in [4.78, 5) is 12.0. The molecule has 0 aliphatic carbocycles. The molecule has 9 heteroatoms. The van der Waals surface area contributed by atoms with Gasteiger partial charge in [-0.1, -0.05) is 24.3 Å². The highest BCUT2D eigenvalue weighted by molar-refractivity contribution is 5.81. The Labute approximate surface area is 158 Å². The van der Waals surface area contributed by atoms with Crippen molar-refractivity contribution in [1.82, 2.24) is 5.01 Å². The first-order valence-electron chi connectivity index (χ1n) is 8.12. The summed E-state index contributed by atoms with van der Waals surface area (Å²) in [6, 6.07) is 15.5. The minimum absolute atomic E-state index is 0.00187. The molecule has 2 aromatic rings. The van der Waals surface area contributed by atoms with Gasteiger partial charge >= 0.3 is 6.18 Å². The Bertz CT molecular complexity index is 934. The molecule has 1 N–H and O–H groups in total. The molecule has 1 unspecified atom stereocenters. The number of alkyl halides is 3. The van der Waals surface area contributed by atoms with Gasteiger partial charge in [-0.2, -0.15) is 28.5 Å². The molecule has 1 amide bonds. The highest BCUT2D eigenvalue weighted by Crippen LogP contribution is 2.38. The second-order valence-corrected chi connectivity index (χ2v) is 6.02. The van der Waals surface area contributed by atoms with Gasteiger partial charge in [0.15, 0.2) is 6.61 Å². The molecular formula is C19H14F3N3O3. The van der Waals surface area contributed by atoms with Crippen molar-refractivity contribution < 1.29 is 27.8 Å². The van der Waals surface area contributed by atoms with Crippen LogP contribution < -0.4 is 4.74 Å². The van der Waals surface area contributed by atoms with Crippen LogP contribution in [-0.4, -0.2) is 40.7 Å². The second-order valence-electron chi connectivity index (χ2n) is 6.02. The molecule has 1 aliphatic heterocycles. The maximum absolute atomic E-state index is 13.0. The zero-order valence-electron chi connectivity index (χ0n) is 14.3. The van der Waals surface area contributed by atoms with Crippen LogP contribution in [0.15, 0.2) is 53.6 Å². The highest BCUT2D eigenvalue weighted by Gasteiger charge is 2.61. The van der Waals surface area contributed by atoms with Crippen LogP contribution >= 0.6 is 0 Å². The van der Waals surface area contributed by atoms with E-state index in [4.69, 9.17) is 10.00 Å². The molecule has 28 heavy (non-hydrogen) atoms. The number of nitrogens with zero attached hydrogens (tertiary/aromatic N) is 3. The summed E-state index contributed by atoms with van der Waals surface area (Å²) >= 11 is 0. The summed E-state index contributed by atoms with van der Waals surface area (Å²) in [6.45, 7) is -0.716. The van der Waals surface area contributed by atoms with Gasteiger partial charge in [0, 0.05) is 12.6 Å². The summed E-state index contributed by atoms with van der Waals surface area (Å²) in [7, 11) is 0. The van der Waals surface area contributed by atoms with Crippen molar-refractivity contribution in [1.29, 1.82) is 5.26 Å². The van der Waals surface area contributed by atoms with E-state index in [9.17, 15) is 23.1 Å². The number of amides is 1. The zero-order chi connectivity index (χ0) is 20.4. The van der Waals surface area contributed by atoms with Gasteiger partial charge in [-0.25, -0.2) is 0 Å². The molecule has 0 saturated carbocycles. The summed E-state index contributed by atoms with van der Waals surface area (Å²) in [5.41, 5.74) is -1.12. The molecule has 0 spiro atoms. The predicted molar refractivity (Wildman–Crippen MR) is 93.0 cm³/mol. The fourth-order valence-corrected chi connectivity index (χ4v) is 2.63. The summed E-state index contributed by atoms with van der Waals surface area (Å²) in [5, 5.41) is 21.9. The summed E-state index contributed by atoms with van der Waals surface area (Å²) < 4.78 is 44.2. The lowest BCUT2D eigenvalue weighted by atomic mass is 10.0. The van der Waals surface area contributed by atoms with Crippen LogP contribution in [0.3, 0.4) is 0 Å². The molecule has 0 aromatic heterocycles. The zero-order valence-corrected chi connectivity index (χ0v) is 14.3. The predicted octanol–water partition coefficient (Wildman–Crippen LogP) is 3.07. The maximum Gasteiger partial charge on any atom is 0.438 e. The first kappa shape index (κ1) is 19.4. The molecule has 144 valence electrons. The molecule has 2 aromatic carbocycles. The monoisotopic (exact) mass is 389 g/mol. The lowest BCUT2D eigenvalue weighted by Gasteiger charge is -2.32. The van der Waals surface area contributed by atoms with Crippen LogP contribution in [0.5, 0.6) is 5.75 Å². The number of halogens is 3. The molecule has 1 aliphatic rings. The van der Waals surface area contributed by atoms with Crippen molar-refractivity contribution in [2.24, 2.45) is 5.10 Å².